The second-order valence-corrected chi connectivity index (χ2v) is 5.44. The Morgan fingerprint density at radius 1 is 1.13 bits per heavy atom. The highest BCUT2D eigenvalue weighted by Crippen LogP contribution is 2.31. The van der Waals surface area contributed by atoms with Gasteiger partial charge in [-0.15, -0.1) is 0 Å². The number of methoxy groups -OCH3 is 2. The van der Waals surface area contributed by atoms with E-state index in [1.807, 2.05) is 25.1 Å². The molecule has 1 amide bonds. The Hall–Kier alpha value is -2.20. The van der Waals surface area contributed by atoms with Crippen LogP contribution >= 0.6 is 11.6 Å². The van der Waals surface area contributed by atoms with Crippen molar-refractivity contribution in [2.24, 2.45) is 0 Å². The number of amides is 1. The zero-order valence-corrected chi connectivity index (χ0v) is 14.2. The van der Waals surface area contributed by atoms with Gasteiger partial charge in [-0.05, 0) is 36.2 Å². The van der Waals surface area contributed by atoms with Crippen LogP contribution in [0.25, 0.3) is 0 Å². The number of hydrogen-bond donors (Lipinski definition) is 1. The Labute approximate surface area is 141 Å². The van der Waals surface area contributed by atoms with Crippen molar-refractivity contribution in [3.05, 3.63) is 58.6 Å². The fourth-order valence-electron chi connectivity index (χ4n) is 2.37. The molecule has 0 aromatic heterocycles. The first-order chi connectivity index (χ1) is 11.1. The summed E-state index contributed by atoms with van der Waals surface area (Å²) < 4.78 is 10.6. The minimum absolute atomic E-state index is 0.140. The molecule has 0 radical (unpaired) electrons. The van der Waals surface area contributed by atoms with Crippen LogP contribution < -0.4 is 14.8 Å². The van der Waals surface area contributed by atoms with E-state index in [2.05, 4.69) is 5.32 Å². The number of ether oxygens (including phenoxy) is 2. The highest BCUT2D eigenvalue weighted by molar-refractivity contribution is 6.33. The van der Waals surface area contributed by atoms with Gasteiger partial charge in [-0.3, -0.25) is 4.79 Å². The number of benzene rings is 2. The first-order valence-electron chi connectivity index (χ1n) is 7.38. The van der Waals surface area contributed by atoms with Crippen molar-refractivity contribution in [2.75, 3.05) is 14.2 Å². The van der Waals surface area contributed by atoms with Crippen molar-refractivity contribution >= 4 is 17.5 Å². The molecule has 0 saturated heterocycles. The maximum absolute atomic E-state index is 12.4. The van der Waals surface area contributed by atoms with Gasteiger partial charge in [0.2, 0.25) is 0 Å². The third kappa shape index (κ3) is 3.96. The molecule has 0 aliphatic carbocycles. The predicted octanol–water partition coefficient (Wildman–Crippen LogP) is 4.24. The lowest BCUT2D eigenvalue weighted by Crippen LogP contribution is -2.28. The van der Waals surface area contributed by atoms with Gasteiger partial charge in [-0.2, -0.15) is 0 Å². The smallest absolute Gasteiger partial charge is 0.253 e. The summed E-state index contributed by atoms with van der Waals surface area (Å²) in [6, 6.07) is 12.5. The van der Waals surface area contributed by atoms with Gasteiger partial charge in [0.25, 0.3) is 5.91 Å². The third-order valence-electron chi connectivity index (χ3n) is 3.64. The van der Waals surface area contributed by atoms with E-state index in [4.69, 9.17) is 21.1 Å². The van der Waals surface area contributed by atoms with Crippen LogP contribution in [0.15, 0.2) is 42.5 Å². The van der Waals surface area contributed by atoms with E-state index in [0.29, 0.717) is 22.1 Å². The molecule has 2 aromatic rings. The van der Waals surface area contributed by atoms with Crippen LogP contribution in [0, 0.1) is 0 Å². The van der Waals surface area contributed by atoms with Crippen molar-refractivity contribution in [1.82, 2.24) is 5.32 Å². The summed E-state index contributed by atoms with van der Waals surface area (Å²) in [4.78, 5) is 12.4. The van der Waals surface area contributed by atoms with Crippen LogP contribution in [0.3, 0.4) is 0 Å². The zero-order valence-electron chi connectivity index (χ0n) is 13.4. The molecule has 0 bridgehead atoms. The van der Waals surface area contributed by atoms with Gasteiger partial charge >= 0.3 is 0 Å². The van der Waals surface area contributed by atoms with E-state index in [9.17, 15) is 4.79 Å². The summed E-state index contributed by atoms with van der Waals surface area (Å²) in [5.41, 5.74) is 1.42. The van der Waals surface area contributed by atoms with Gasteiger partial charge in [0.05, 0.1) is 30.8 Å². The molecule has 122 valence electrons. The van der Waals surface area contributed by atoms with Crippen LogP contribution in [-0.4, -0.2) is 20.1 Å². The molecule has 0 aliphatic heterocycles. The molecule has 0 fully saturated rings. The van der Waals surface area contributed by atoms with Gasteiger partial charge in [-0.25, -0.2) is 0 Å². The molecule has 0 saturated carbocycles. The monoisotopic (exact) mass is 333 g/mol. The topological polar surface area (TPSA) is 47.6 Å². The van der Waals surface area contributed by atoms with E-state index in [-0.39, 0.29) is 11.9 Å². The first-order valence-corrected chi connectivity index (χ1v) is 7.75. The van der Waals surface area contributed by atoms with E-state index >= 15 is 0 Å². The van der Waals surface area contributed by atoms with E-state index in [1.165, 1.54) is 0 Å². The van der Waals surface area contributed by atoms with Crippen molar-refractivity contribution in [1.29, 1.82) is 0 Å². The Balaban J connectivity index is 2.23. The molecule has 0 unspecified atom stereocenters. The van der Waals surface area contributed by atoms with Gasteiger partial charge in [0.15, 0.2) is 11.5 Å². The van der Waals surface area contributed by atoms with Crippen molar-refractivity contribution < 1.29 is 14.3 Å². The molecular formula is C18H20ClNO3. The van der Waals surface area contributed by atoms with Gasteiger partial charge < -0.3 is 14.8 Å². The number of carbonyl (C=O) groups is 1. The van der Waals surface area contributed by atoms with Crippen LogP contribution in [0.4, 0.5) is 0 Å². The van der Waals surface area contributed by atoms with Crippen molar-refractivity contribution in [2.45, 2.75) is 19.4 Å². The average Bonchev–Trinajstić information content (AvgIpc) is 2.59. The third-order valence-corrected chi connectivity index (χ3v) is 3.97. The highest BCUT2D eigenvalue weighted by atomic mass is 35.5. The second kappa shape index (κ2) is 7.88. The van der Waals surface area contributed by atoms with Crippen LogP contribution in [0.2, 0.25) is 5.02 Å². The molecule has 1 atom stereocenters. The fourth-order valence-corrected chi connectivity index (χ4v) is 2.59. The summed E-state index contributed by atoms with van der Waals surface area (Å²) >= 11 is 6.08. The maximum Gasteiger partial charge on any atom is 0.253 e. The summed E-state index contributed by atoms with van der Waals surface area (Å²) in [5, 5.41) is 3.45. The Morgan fingerprint density at radius 2 is 1.83 bits per heavy atom. The fraction of sp³-hybridized carbons (Fsp3) is 0.278. The van der Waals surface area contributed by atoms with Gasteiger partial charge in [-0.1, -0.05) is 36.7 Å². The van der Waals surface area contributed by atoms with E-state index in [0.717, 1.165) is 12.0 Å². The number of nitrogens with one attached hydrogen (secondary N) is 1. The molecule has 1 N–H and O–H groups in total. The number of carbonyl (C=O) groups excluding carboxylic acids is 1. The lowest BCUT2D eigenvalue weighted by Gasteiger charge is -2.19. The molecule has 0 spiro atoms. The van der Waals surface area contributed by atoms with E-state index < -0.39 is 0 Å². The zero-order chi connectivity index (χ0) is 16.8. The standard InChI is InChI=1S/C18H20ClNO3/c1-4-15(12-9-10-16(22-2)17(11-12)23-3)20-18(21)13-7-5-6-8-14(13)19/h5-11,15H,4H2,1-3H3,(H,20,21)/t15-/m0/s1. The second-order valence-electron chi connectivity index (χ2n) is 5.03. The molecular weight excluding hydrogens is 314 g/mol. The lowest BCUT2D eigenvalue weighted by molar-refractivity contribution is 0.0935. The van der Waals surface area contributed by atoms with Crippen molar-refractivity contribution in [3.63, 3.8) is 0 Å². The highest BCUT2D eigenvalue weighted by Gasteiger charge is 2.17. The van der Waals surface area contributed by atoms with Gasteiger partial charge in [0.1, 0.15) is 0 Å². The molecule has 2 rings (SSSR count). The normalized spacial score (nSPS) is 11.7. The minimum Gasteiger partial charge on any atom is -0.493 e. The summed E-state index contributed by atoms with van der Waals surface area (Å²) in [7, 11) is 3.18. The lowest BCUT2D eigenvalue weighted by atomic mass is 10.0. The van der Waals surface area contributed by atoms with Crippen molar-refractivity contribution in [3.8, 4) is 11.5 Å². The van der Waals surface area contributed by atoms with E-state index in [1.54, 1.807) is 38.5 Å². The Kier molecular flexibility index (Phi) is 5.88. The molecule has 0 heterocycles. The number of hydrogen-bond acceptors (Lipinski definition) is 3. The summed E-state index contributed by atoms with van der Waals surface area (Å²) in [6.45, 7) is 2.01. The van der Waals surface area contributed by atoms with Crippen LogP contribution in [-0.2, 0) is 0 Å². The number of rotatable bonds is 6. The largest absolute Gasteiger partial charge is 0.493 e. The van der Waals surface area contributed by atoms with Gasteiger partial charge in [0, 0.05) is 0 Å². The minimum atomic E-state index is -0.197. The SMILES string of the molecule is CC[C@H](NC(=O)c1ccccc1Cl)c1ccc(OC)c(OC)c1. The number of halogens is 1. The Morgan fingerprint density at radius 3 is 2.43 bits per heavy atom. The molecule has 4 nitrogen and oxygen atoms in total. The van der Waals surface area contributed by atoms with Crippen LogP contribution in [0.5, 0.6) is 11.5 Å². The predicted molar refractivity (Wildman–Crippen MR) is 91.5 cm³/mol. The van der Waals surface area contributed by atoms with Crippen LogP contribution in [0.1, 0.15) is 35.3 Å². The maximum atomic E-state index is 12.4. The Bertz CT molecular complexity index is 688. The molecule has 5 heteroatoms. The average molecular weight is 334 g/mol. The quantitative estimate of drug-likeness (QED) is 0.860. The molecule has 2 aromatic carbocycles. The summed E-state index contributed by atoms with van der Waals surface area (Å²) in [6.07, 6.45) is 0.742. The summed E-state index contributed by atoms with van der Waals surface area (Å²) in [5.74, 6) is 1.09. The first kappa shape index (κ1) is 17.2. The molecule has 23 heavy (non-hydrogen) atoms. The molecule has 0 aliphatic rings.